The van der Waals surface area contributed by atoms with E-state index in [1.807, 2.05) is 6.07 Å². The summed E-state index contributed by atoms with van der Waals surface area (Å²) in [6, 6.07) is 18.8. The number of hydrogen-bond donors (Lipinski definition) is 3. The van der Waals surface area contributed by atoms with Crippen LogP contribution in [0.15, 0.2) is 64.9 Å². The number of hydrogen-bond acceptors (Lipinski definition) is 8. The van der Waals surface area contributed by atoms with Crippen LogP contribution in [-0.4, -0.2) is 40.5 Å². The van der Waals surface area contributed by atoms with E-state index in [0.29, 0.717) is 12.5 Å². The Morgan fingerprint density at radius 2 is 1.85 bits per heavy atom. The van der Waals surface area contributed by atoms with Crippen LogP contribution in [0.3, 0.4) is 0 Å². The Balaban J connectivity index is 1.32. The molecule has 2 aromatic heterocycles. The first-order valence-electron chi connectivity index (χ1n) is 11.1. The lowest BCUT2D eigenvalue weighted by molar-refractivity contribution is 0.145. The standard InChI is InChI=1S/C25H27N5OS2/c1-32-22-5-3-2-4-17(22)16-26-24-23-21(12-15-33-23)28-25(29-24)27-18-6-8-19(9-7-18)30-13-10-20(31)11-14-30/h2-9,12,15,20,31H,10-11,13-14,16H2,1H3,(H2,26,27,28,29). The Morgan fingerprint density at radius 1 is 1.06 bits per heavy atom. The van der Waals surface area contributed by atoms with E-state index in [4.69, 9.17) is 9.97 Å². The molecule has 0 saturated carbocycles. The molecule has 1 aliphatic heterocycles. The van der Waals surface area contributed by atoms with Crippen LogP contribution < -0.4 is 15.5 Å². The highest BCUT2D eigenvalue weighted by atomic mass is 32.2. The van der Waals surface area contributed by atoms with Gasteiger partial charge >= 0.3 is 0 Å². The number of thioether (sulfide) groups is 1. The molecule has 0 aliphatic carbocycles. The smallest absolute Gasteiger partial charge is 0.229 e. The molecule has 170 valence electrons. The van der Waals surface area contributed by atoms with Crippen molar-refractivity contribution in [2.24, 2.45) is 0 Å². The number of piperidine rings is 1. The molecule has 0 unspecified atom stereocenters. The lowest BCUT2D eigenvalue weighted by Crippen LogP contribution is -2.35. The summed E-state index contributed by atoms with van der Waals surface area (Å²) in [6.07, 6.45) is 3.59. The molecule has 0 spiro atoms. The maximum atomic E-state index is 9.74. The van der Waals surface area contributed by atoms with Gasteiger partial charge in [-0.3, -0.25) is 0 Å². The van der Waals surface area contributed by atoms with Gasteiger partial charge in [-0.2, -0.15) is 4.98 Å². The van der Waals surface area contributed by atoms with E-state index < -0.39 is 0 Å². The number of aromatic nitrogens is 2. The van der Waals surface area contributed by atoms with Crippen molar-refractivity contribution in [3.63, 3.8) is 0 Å². The molecule has 4 aromatic rings. The highest BCUT2D eigenvalue weighted by Gasteiger charge is 2.17. The van der Waals surface area contributed by atoms with Gasteiger partial charge in [0.05, 0.1) is 16.3 Å². The predicted octanol–water partition coefficient (Wildman–Crippen LogP) is 5.73. The molecule has 2 aromatic carbocycles. The Labute approximate surface area is 202 Å². The van der Waals surface area contributed by atoms with Crippen molar-refractivity contribution in [2.75, 3.05) is 34.9 Å². The molecule has 3 heterocycles. The maximum absolute atomic E-state index is 9.74. The molecule has 3 N–H and O–H groups in total. The van der Waals surface area contributed by atoms with Gasteiger partial charge < -0.3 is 20.6 Å². The van der Waals surface area contributed by atoms with Crippen LogP contribution >= 0.6 is 23.1 Å². The molecule has 1 fully saturated rings. The second kappa shape index (κ2) is 9.99. The van der Waals surface area contributed by atoms with E-state index >= 15 is 0 Å². The van der Waals surface area contributed by atoms with Gasteiger partial charge in [0.1, 0.15) is 5.82 Å². The Bertz CT molecular complexity index is 1220. The zero-order valence-electron chi connectivity index (χ0n) is 18.5. The van der Waals surface area contributed by atoms with Gasteiger partial charge in [0, 0.05) is 35.9 Å². The fourth-order valence-electron chi connectivity index (χ4n) is 4.08. The summed E-state index contributed by atoms with van der Waals surface area (Å²) in [5, 5.41) is 18.7. The number of aliphatic hydroxyl groups is 1. The zero-order valence-corrected chi connectivity index (χ0v) is 20.1. The number of fused-ring (bicyclic) bond motifs is 1. The normalized spacial score (nSPS) is 14.5. The number of nitrogens with zero attached hydrogens (tertiary/aromatic N) is 3. The van der Waals surface area contributed by atoms with Crippen molar-refractivity contribution in [1.82, 2.24) is 9.97 Å². The van der Waals surface area contributed by atoms with Crippen molar-refractivity contribution in [3.8, 4) is 0 Å². The highest BCUT2D eigenvalue weighted by molar-refractivity contribution is 7.98. The van der Waals surface area contributed by atoms with Crippen molar-refractivity contribution in [3.05, 3.63) is 65.5 Å². The predicted molar refractivity (Wildman–Crippen MR) is 140 cm³/mol. The minimum Gasteiger partial charge on any atom is -0.393 e. The Morgan fingerprint density at radius 3 is 2.64 bits per heavy atom. The van der Waals surface area contributed by atoms with Crippen LogP contribution in [-0.2, 0) is 6.54 Å². The zero-order chi connectivity index (χ0) is 22.6. The molecular weight excluding hydrogens is 450 g/mol. The third-order valence-electron chi connectivity index (χ3n) is 5.90. The number of rotatable bonds is 7. The summed E-state index contributed by atoms with van der Waals surface area (Å²) >= 11 is 3.40. The van der Waals surface area contributed by atoms with E-state index in [-0.39, 0.29) is 6.10 Å². The summed E-state index contributed by atoms with van der Waals surface area (Å²) in [4.78, 5) is 13.1. The van der Waals surface area contributed by atoms with Crippen LogP contribution in [0, 0.1) is 0 Å². The Hall–Kier alpha value is -2.81. The van der Waals surface area contributed by atoms with Gasteiger partial charge in [-0.05, 0) is 66.4 Å². The van der Waals surface area contributed by atoms with E-state index in [1.165, 1.54) is 16.1 Å². The molecule has 5 rings (SSSR count). The summed E-state index contributed by atoms with van der Waals surface area (Å²) < 4.78 is 1.06. The largest absolute Gasteiger partial charge is 0.393 e. The van der Waals surface area contributed by atoms with Crippen molar-refractivity contribution < 1.29 is 5.11 Å². The van der Waals surface area contributed by atoms with Crippen molar-refractivity contribution in [2.45, 2.75) is 30.4 Å². The molecular formula is C25H27N5OS2. The average Bonchev–Trinajstić information content (AvgIpc) is 3.33. The third kappa shape index (κ3) is 5.08. The van der Waals surface area contributed by atoms with Gasteiger partial charge in [0.15, 0.2) is 0 Å². The van der Waals surface area contributed by atoms with Gasteiger partial charge in [-0.15, -0.1) is 23.1 Å². The molecule has 0 radical (unpaired) electrons. The number of anilines is 4. The summed E-state index contributed by atoms with van der Waals surface area (Å²) in [6.45, 7) is 2.49. The summed E-state index contributed by atoms with van der Waals surface area (Å²) in [5.41, 5.74) is 4.31. The lowest BCUT2D eigenvalue weighted by Gasteiger charge is -2.31. The topological polar surface area (TPSA) is 73.3 Å². The van der Waals surface area contributed by atoms with Gasteiger partial charge in [0.2, 0.25) is 5.95 Å². The first kappa shape index (κ1) is 22.0. The fourth-order valence-corrected chi connectivity index (χ4v) is 5.49. The van der Waals surface area contributed by atoms with Crippen LogP contribution in [0.25, 0.3) is 10.2 Å². The van der Waals surface area contributed by atoms with E-state index in [1.54, 1.807) is 23.1 Å². The van der Waals surface area contributed by atoms with Crippen LogP contribution in [0.1, 0.15) is 18.4 Å². The molecule has 1 saturated heterocycles. The quantitative estimate of drug-likeness (QED) is 0.294. The Kier molecular flexibility index (Phi) is 6.66. The van der Waals surface area contributed by atoms with Gasteiger partial charge in [-0.1, -0.05) is 18.2 Å². The average molecular weight is 478 g/mol. The minimum atomic E-state index is -0.164. The summed E-state index contributed by atoms with van der Waals surface area (Å²) in [7, 11) is 0. The molecule has 6 nitrogen and oxygen atoms in total. The number of nitrogens with one attached hydrogen (secondary N) is 2. The van der Waals surface area contributed by atoms with Crippen LogP contribution in [0.5, 0.6) is 0 Å². The van der Waals surface area contributed by atoms with Gasteiger partial charge in [0.25, 0.3) is 0 Å². The van der Waals surface area contributed by atoms with E-state index in [9.17, 15) is 5.11 Å². The number of thiophene rings is 1. The van der Waals surface area contributed by atoms with E-state index in [2.05, 4.69) is 75.7 Å². The SMILES string of the molecule is CSc1ccccc1CNc1nc(Nc2ccc(N3CCC(O)CC3)cc2)nc2ccsc12. The molecule has 33 heavy (non-hydrogen) atoms. The number of aliphatic hydroxyl groups excluding tert-OH is 1. The lowest BCUT2D eigenvalue weighted by atomic mass is 10.1. The minimum absolute atomic E-state index is 0.164. The second-order valence-corrected chi connectivity index (χ2v) is 9.85. The van der Waals surface area contributed by atoms with Crippen molar-refractivity contribution >= 4 is 56.5 Å². The van der Waals surface area contributed by atoms with Crippen molar-refractivity contribution in [1.29, 1.82) is 0 Å². The van der Waals surface area contributed by atoms with Crippen LogP contribution in [0.2, 0.25) is 0 Å². The maximum Gasteiger partial charge on any atom is 0.229 e. The third-order valence-corrected chi connectivity index (χ3v) is 7.64. The molecule has 1 aliphatic rings. The molecule has 0 amide bonds. The first-order valence-corrected chi connectivity index (χ1v) is 13.2. The molecule has 0 bridgehead atoms. The number of benzene rings is 2. The molecule has 0 atom stereocenters. The van der Waals surface area contributed by atoms with Gasteiger partial charge in [-0.25, -0.2) is 4.98 Å². The monoisotopic (exact) mass is 477 g/mol. The summed E-state index contributed by atoms with van der Waals surface area (Å²) in [5.74, 6) is 1.42. The van der Waals surface area contributed by atoms with Crippen LogP contribution in [0.4, 0.5) is 23.1 Å². The first-order chi connectivity index (χ1) is 16.2. The molecule has 8 heteroatoms. The van der Waals surface area contributed by atoms with E-state index in [0.717, 1.165) is 47.7 Å². The highest BCUT2D eigenvalue weighted by Crippen LogP contribution is 2.30. The fraction of sp³-hybridized carbons (Fsp3) is 0.280. The second-order valence-electron chi connectivity index (χ2n) is 8.09.